The number of nitrogens with zero attached hydrogens (tertiary/aromatic N) is 2. The van der Waals surface area contributed by atoms with Gasteiger partial charge in [0.2, 0.25) is 11.8 Å². The van der Waals surface area contributed by atoms with E-state index in [-0.39, 0.29) is 17.4 Å². The molecule has 2 amide bonds. The Morgan fingerprint density at radius 2 is 1.91 bits per heavy atom. The maximum atomic E-state index is 12.6. The second-order valence-electron chi connectivity index (χ2n) is 8.28. The van der Waals surface area contributed by atoms with Crippen LogP contribution >= 0.6 is 0 Å². The van der Waals surface area contributed by atoms with E-state index < -0.39 is 0 Å². The Morgan fingerprint density at radius 1 is 1.22 bits per heavy atom. The molecule has 0 unspecified atom stereocenters. The van der Waals surface area contributed by atoms with E-state index in [1.807, 2.05) is 4.90 Å². The van der Waals surface area contributed by atoms with E-state index in [2.05, 4.69) is 17.1 Å². The second kappa shape index (κ2) is 5.76. The maximum absolute atomic E-state index is 12.6. The van der Waals surface area contributed by atoms with Crippen molar-refractivity contribution in [2.24, 2.45) is 17.8 Å². The summed E-state index contributed by atoms with van der Waals surface area (Å²) in [5, 5.41) is 3.08. The minimum Gasteiger partial charge on any atom is -0.353 e. The zero-order valence-electron chi connectivity index (χ0n) is 14.2. The quantitative estimate of drug-likeness (QED) is 0.851. The molecule has 5 nitrogen and oxygen atoms in total. The van der Waals surface area contributed by atoms with Gasteiger partial charge in [-0.05, 0) is 50.4 Å². The van der Waals surface area contributed by atoms with Crippen molar-refractivity contribution < 1.29 is 9.59 Å². The molecule has 0 radical (unpaired) electrons. The summed E-state index contributed by atoms with van der Waals surface area (Å²) in [7, 11) is 0. The van der Waals surface area contributed by atoms with Crippen molar-refractivity contribution >= 4 is 11.8 Å². The number of likely N-dealkylation sites (tertiary alicyclic amines) is 1. The minimum absolute atomic E-state index is 0.203. The first kappa shape index (κ1) is 15.4. The van der Waals surface area contributed by atoms with Crippen LogP contribution in [0.1, 0.15) is 45.4 Å². The van der Waals surface area contributed by atoms with Gasteiger partial charge in [-0.3, -0.25) is 14.5 Å². The van der Waals surface area contributed by atoms with Crippen LogP contribution in [0.4, 0.5) is 0 Å². The first-order valence-corrected chi connectivity index (χ1v) is 9.40. The number of piperazine rings is 1. The molecule has 2 aliphatic carbocycles. The van der Waals surface area contributed by atoms with Gasteiger partial charge in [-0.25, -0.2) is 0 Å². The van der Waals surface area contributed by atoms with Gasteiger partial charge in [0, 0.05) is 38.6 Å². The third kappa shape index (κ3) is 2.77. The third-order valence-electron chi connectivity index (χ3n) is 6.50. The van der Waals surface area contributed by atoms with E-state index in [1.54, 1.807) is 0 Å². The smallest absolute Gasteiger partial charge is 0.240 e. The Morgan fingerprint density at radius 3 is 2.52 bits per heavy atom. The summed E-state index contributed by atoms with van der Waals surface area (Å²) in [4.78, 5) is 29.7. The van der Waals surface area contributed by atoms with Crippen molar-refractivity contribution in [3.8, 4) is 0 Å². The van der Waals surface area contributed by atoms with Gasteiger partial charge >= 0.3 is 0 Å². The van der Waals surface area contributed by atoms with Crippen molar-refractivity contribution in [1.29, 1.82) is 0 Å². The number of nitrogens with one attached hydrogen (secondary N) is 1. The van der Waals surface area contributed by atoms with Gasteiger partial charge in [-0.15, -0.1) is 0 Å². The summed E-state index contributed by atoms with van der Waals surface area (Å²) in [6, 6.07) is 0. The molecule has 23 heavy (non-hydrogen) atoms. The molecule has 2 heterocycles. The molecule has 5 heteroatoms. The number of rotatable bonds is 3. The lowest BCUT2D eigenvalue weighted by atomic mass is 9.74. The highest BCUT2D eigenvalue weighted by Gasteiger charge is 2.50. The van der Waals surface area contributed by atoms with Gasteiger partial charge in [-0.1, -0.05) is 6.92 Å². The van der Waals surface area contributed by atoms with Crippen molar-refractivity contribution in [2.45, 2.75) is 51.0 Å². The van der Waals surface area contributed by atoms with Crippen LogP contribution in [0, 0.1) is 17.8 Å². The Hall–Kier alpha value is -1.10. The third-order valence-corrected chi connectivity index (χ3v) is 6.50. The molecule has 0 atom stereocenters. The first-order chi connectivity index (χ1) is 11.1. The van der Waals surface area contributed by atoms with Crippen LogP contribution < -0.4 is 5.32 Å². The molecular formula is C18H29N3O2. The van der Waals surface area contributed by atoms with Crippen LogP contribution in [0.2, 0.25) is 0 Å². The van der Waals surface area contributed by atoms with Crippen LogP contribution in [0.3, 0.4) is 0 Å². The summed E-state index contributed by atoms with van der Waals surface area (Å²) in [5.74, 6) is 2.30. The molecule has 2 saturated heterocycles. The summed E-state index contributed by atoms with van der Waals surface area (Å²) in [6.45, 7) is 6.53. The summed E-state index contributed by atoms with van der Waals surface area (Å²) in [6.07, 6.45) is 6.35. The SMILES string of the molecule is CC1CC(C(=O)N2CCC3(CC2)C(=O)NCCN3CC2CC2)C1. The number of carbonyl (C=O) groups excluding carboxylic acids is 2. The van der Waals surface area contributed by atoms with E-state index in [4.69, 9.17) is 0 Å². The lowest BCUT2D eigenvalue weighted by Crippen LogP contribution is -2.68. The van der Waals surface area contributed by atoms with Gasteiger partial charge in [0.15, 0.2) is 0 Å². The average molecular weight is 319 g/mol. The zero-order valence-corrected chi connectivity index (χ0v) is 14.2. The molecule has 4 aliphatic rings. The number of carbonyl (C=O) groups is 2. The molecule has 2 saturated carbocycles. The van der Waals surface area contributed by atoms with E-state index in [1.165, 1.54) is 12.8 Å². The number of piperidine rings is 1. The molecule has 4 fully saturated rings. The molecule has 1 spiro atoms. The summed E-state index contributed by atoms with van der Waals surface area (Å²) in [5.41, 5.74) is -0.343. The monoisotopic (exact) mass is 319 g/mol. The second-order valence-corrected chi connectivity index (χ2v) is 8.28. The largest absolute Gasteiger partial charge is 0.353 e. The Bertz CT molecular complexity index is 488. The fourth-order valence-corrected chi connectivity index (χ4v) is 4.71. The van der Waals surface area contributed by atoms with Crippen molar-refractivity contribution in [3.63, 3.8) is 0 Å². The molecule has 1 N–H and O–H groups in total. The van der Waals surface area contributed by atoms with Crippen LogP contribution in [-0.2, 0) is 9.59 Å². The van der Waals surface area contributed by atoms with E-state index >= 15 is 0 Å². The van der Waals surface area contributed by atoms with Gasteiger partial charge < -0.3 is 10.2 Å². The number of hydrogen-bond acceptors (Lipinski definition) is 3. The van der Waals surface area contributed by atoms with Crippen molar-refractivity contribution in [1.82, 2.24) is 15.1 Å². The van der Waals surface area contributed by atoms with E-state index in [9.17, 15) is 9.59 Å². The van der Waals surface area contributed by atoms with Crippen molar-refractivity contribution in [3.05, 3.63) is 0 Å². The lowest BCUT2D eigenvalue weighted by Gasteiger charge is -2.51. The maximum Gasteiger partial charge on any atom is 0.240 e. The standard InChI is InChI=1S/C18H29N3O2/c1-13-10-15(11-13)16(22)20-7-4-18(5-8-20)17(23)19-6-9-21(18)12-14-2-3-14/h13-15H,2-12H2,1H3,(H,19,23). The topological polar surface area (TPSA) is 52.7 Å². The normalized spacial score (nSPS) is 34.1. The fourth-order valence-electron chi connectivity index (χ4n) is 4.71. The molecular weight excluding hydrogens is 290 g/mol. The average Bonchev–Trinajstić information content (AvgIpc) is 3.33. The zero-order chi connectivity index (χ0) is 16.0. The highest BCUT2D eigenvalue weighted by molar-refractivity contribution is 5.88. The molecule has 128 valence electrons. The predicted molar refractivity (Wildman–Crippen MR) is 87.7 cm³/mol. The predicted octanol–water partition coefficient (Wildman–Crippen LogP) is 1.24. The molecule has 0 bridgehead atoms. The molecule has 0 aromatic rings. The molecule has 0 aromatic heterocycles. The van der Waals surface area contributed by atoms with Crippen LogP contribution in [0.25, 0.3) is 0 Å². The highest BCUT2D eigenvalue weighted by Crippen LogP contribution is 2.39. The lowest BCUT2D eigenvalue weighted by molar-refractivity contribution is -0.150. The first-order valence-electron chi connectivity index (χ1n) is 9.40. The molecule has 4 rings (SSSR count). The van der Waals surface area contributed by atoms with Crippen molar-refractivity contribution in [2.75, 3.05) is 32.7 Å². The minimum atomic E-state index is -0.343. The van der Waals surface area contributed by atoms with Crippen LogP contribution in [0.5, 0.6) is 0 Å². The van der Waals surface area contributed by atoms with Crippen LogP contribution in [-0.4, -0.2) is 59.9 Å². The summed E-state index contributed by atoms with van der Waals surface area (Å²) < 4.78 is 0. The highest BCUT2D eigenvalue weighted by atomic mass is 16.2. The van der Waals surface area contributed by atoms with E-state index in [0.29, 0.717) is 11.8 Å². The Kier molecular flexibility index (Phi) is 3.87. The molecule has 2 aliphatic heterocycles. The Labute approximate surface area is 138 Å². The van der Waals surface area contributed by atoms with Gasteiger partial charge in [0.25, 0.3) is 0 Å². The Balaban J connectivity index is 1.41. The van der Waals surface area contributed by atoms with Gasteiger partial charge in [-0.2, -0.15) is 0 Å². The van der Waals surface area contributed by atoms with Gasteiger partial charge in [0.1, 0.15) is 5.54 Å². The fraction of sp³-hybridized carbons (Fsp3) is 0.889. The van der Waals surface area contributed by atoms with Crippen LogP contribution in [0.15, 0.2) is 0 Å². The molecule has 0 aromatic carbocycles. The summed E-state index contributed by atoms with van der Waals surface area (Å²) >= 11 is 0. The number of amides is 2. The van der Waals surface area contributed by atoms with E-state index in [0.717, 1.165) is 64.3 Å². The van der Waals surface area contributed by atoms with Gasteiger partial charge in [0.05, 0.1) is 0 Å². The number of hydrogen-bond donors (Lipinski definition) is 1.